The molecule has 0 unspecified atom stereocenters. The number of hydrogen-bond donors (Lipinski definition) is 1. The van der Waals surface area contributed by atoms with Crippen LogP contribution in [0.25, 0.3) is 0 Å². The van der Waals surface area contributed by atoms with Crippen LogP contribution in [0.3, 0.4) is 0 Å². The number of rotatable bonds is 9. The molecule has 1 saturated heterocycles. The Bertz CT molecular complexity index is 1280. The van der Waals surface area contributed by atoms with Crippen molar-refractivity contribution in [2.45, 2.75) is 45.6 Å². The molecule has 2 fully saturated rings. The standard InChI is InChI=1S/C32H40N4O5/c1-3-36-27(22-34-17-10-18-35(20-19-34)30(37)23-11-8-12-23)28(31(38)40-4-2)29(33-32(36)39)24-13-9-16-26(21-24)41-25-14-6-5-7-15-25/h5-7,9,13-16,21,23,29H,3-4,8,10-12,17-20,22H2,1-2H3,(H,33,39)/t29-/m1/s1. The first-order valence-electron chi connectivity index (χ1n) is 14.8. The molecule has 2 heterocycles. The number of carbonyl (C=O) groups is 3. The lowest BCUT2D eigenvalue weighted by Crippen LogP contribution is -2.51. The Kier molecular flexibility index (Phi) is 9.24. The number of urea groups is 1. The van der Waals surface area contributed by atoms with Gasteiger partial charge in [-0.05, 0) is 62.9 Å². The number of benzene rings is 2. The summed E-state index contributed by atoms with van der Waals surface area (Å²) in [7, 11) is 0. The average molecular weight is 561 g/mol. The molecule has 9 nitrogen and oxygen atoms in total. The Morgan fingerprint density at radius 1 is 0.927 bits per heavy atom. The number of nitrogens with zero attached hydrogens (tertiary/aromatic N) is 3. The van der Waals surface area contributed by atoms with Gasteiger partial charge in [0.1, 0.15) is 11.5 Å². The number of para-hydroxylation sites is 1. The number of hydrogen-bond acceptors (Lipinski definition) is 6. The summed E-state index contributed by atoms with van der Waals surface area (Å²) in [6.07, 6.45) is 3.97. The van der Waals surface area contributed by atoms with Crippen molar-refractivity contribution < 1.29 is 23.9 Å². The molecule has 1 aliphatic carbocycles. The van der Waals surface area contributed by atoms with Crippen LogP contribution in [-0.2, 0) is 14.3 Å². The van der Waals surface area contributed by atoms with Crippen LogP contribution in [0.15, 0.2) is 65.9 Å². The van der Waals surface area contributed by atoms with Gasteiger partial charge in [0.15, 0.2) is 0 Å². The molecule has 3 aliphatic rings. The fraction of sp³-hybridized carbons (Fsp3) is 0.469. The lowest BCUT2D eigenvalue weighted by Gasteiger charge is -2.38. The Balaban J connectivity index is 1.44. The summed E-state index contributed by atoms with van der Waals surface area (Å²) in [6, 6.07) is 16.0. The molecule has 218 valence electrons. The van der Waals surface area contributed by atoms with Crippen molar-refractivity contribution in [3.8, 4) is 11.5 Å². The number of esters is 1. The molecule has 0 spiro atoms. The Morgan fingerprint density at radius 2 is 1.71 bits per heavy atom. The summed E-state index contributed by atoms with van der Waals surface area (Å²) in [5, 5.41) is 3.04. The van der Waals surface area contributed by atoms with Crippen molar-refractivity contribution in [3.05, 3.63) is 71.4 Å². The van der Waals surface area contributed by atoms with E-state index >= 15 is 0 Å². The van der Waals surface area contributed by atoms with E-state index in [1.165, 1.54) is 0 Å². The highest BCUT2D eigenvalue weighted by atomic mass is 16.5. The van der Waals surface area contributed by atoms with E-state index in [9.17, 15) is 14.4 Å². The second kappa shape index (κ2) is 13.2. The number of ether oxygens (including phenoxy) is 2. The number of nitrogens with one attached hydrogen (secondary N) is 1. The van der Waals surface area contributed by atoms with Crippen LogP contribution in [0.1, 0.15) is 51.1 Å². The number of likely N-dealkylation sites (N-methyl/N-ethyl adjacent to an activating group) is 1. The Labute approximate surface area is 242 Å². The van der Waals surface area contributed by atoms with Gasteiger partial charge in [-0.25, -0.2) is 9.59 Å². The van der Waals surface area contributed by atoms with Gasteiger partial charge < -0.3 is 19.7 Å². The van der Waals surface area contributed by atoms with Crippen LogP contribution in [0.2, 0.25) is 0 Å². The van der Waals surface area contributed by atoms with Crippen molar-refractivity contribution in [1.29, 1.82) is 0 Å². The normalized spacial score (nSPS) is 20.2. The van der Waals surface area contributed by atoms with Crippen molar-refractivity contribution in [2.75, 3.05) is 45.9 Å². The molecule has 2 aromatic rings. The minimum atomic E-state index is -0.692. The van der Waals surface area contributed by atoms with E-state index in [2.05, 4.69) is 10.2 Å². The first kappa shape index (κ1) is 28.7. The zero-order valence-electron chi connectivity index (χ0n) is 24.0. The molecule has 5 rings (SSSR count). The quantitative estimate of drug-likeness (QED) is 0.447. The molecule has 0 radical (unpaired) electrons. The van der Waals surface area contributed by atoms with Crippen molar-refractivity contribution in [3.63, 3.8) is 0 Å². The maximum Gasteiger partial charge on any atom is 0.338 e. The van der Waals surface area contributed by atoms with E-state index < -0.39 is 12.0 Å². The van der Waals surface area contributed by atoms with Crippen LogP contribution in [0.4, 0.5) is 4.79 Å². The zero-order valence-corrected chi connectivity index (χ0v) is 24.0. The Hall–Kier alpha value is -3.85. The highest BCUT2D eigenvalue weighted by Crippen LogP contribution is 2.34. The van der Waals surface area contributed by atoms with E-state index in [-0.39, 0.29) is 24.5 Å². The smallest absolute Gasteiger partial charge is 0.338 e. The second-order valence-corrected chi connectivity index (χ2v) is 10.8. The minimum absolute atomic E-state index is 0.180. The molecule has 0 aromatic heterocycles. The van der Waals surface area contributed by atoms with Gasteiger partial charge in [-0.15, -0.1) is 0 Å². The van der Waals surface area contributed by atoms with E-state index in [1.807, 2.05) is 66.4 Å². The molecule has 1 N–H and O–H groups in total. The summed E-state index contributed by atoms with van der Waals surface area (Å²) in [5.74, 6) is 1.31. The highest BCUT2D eigenvalue weighted by Gasteiger charge is 2.39. The van der Waals surface area contributed by atoms with E-state index in [1.54, 1.807) is 11.8 Å². The van der Waals surface area contributed by atoms with Crippen LogP contribution in [0, 0.1) is 5.92 Å². The van der Waals surface area contributed by atoms with Gasteiger partial charge in [-0.1, -0.05) is 36.8 Å². The third kappa shape index (κ3) is 6.56. The van der Waals surface area contributed by atoms with Crippen molar-refractivity contribution in [2.24, 2.45) is 5.92 Å². The third-order valence-electron chi connectivity index (χ3n) is 8.15. The number of carbonyl (C=O) groups excluding carboxylic acids is 3. The van der Waals surface area contributed by atoms with Crippen molar-refractivity contribution in [1.82, 2.24) is 20.0 Å². The van der Waals surface area contributed by atoms with Gasteiger partial charge in [0.05, 0.1) is 18.2 Å². The van der Waals surface area contributed by atoms with Gasteiger partial charge in [0, 0.05) is 50.9 Å². The molecular weight excluding hydrogens is 520 g/mol. The van der Waals surface area contributed by atoms with Crippen LogP contribution in [0.5, 0.6) is 11.5 Å². The predicted octanol–water partition coefficient (Wildman–Crippen LogP) is 4.72. The molecule has 0 bridgehead atoms. The summed E-state index contributed by atoms with van der Waals surface area (Å²) in [6.45, 7) is 7.58. The minimum Gasteiger partial charge on any atom is -0.463 e. The molecule has 1 atom stereocenters. The largest absolute Gasteiger partial charge is 0.463 e. The van der Waals surface area contributed by atoms with Gasteiger partial charge >= 0.3 is 12.0 Å². The van der Waals surface area contributed by atoms with E-state index in [4.69, 9.17) is 9.47 Å². The maximum atomic E-state index is 13.5. The average Bonchev–Trinajstić information content (AvgIpc) is 3.18. The molecule has 2 aromatic carbocycles. The third-order valence-corrected chi connectivity index (χ3v) is 8.15. The maximum absolute atomic E-state index is 13.5. The molecule has 1 saturated carbocycles. The lowest BCUT2D eigenvalue weighted by atomic mass is 9.84. The van der Waals surface area contributed by atoms with Gasteiger partial charge in [0.25, 0.3) is 0 Å². The molecule has 9 heteroatoms. The molecule has 41 heavy (non-hydrogen) atoms. The fourth-order valence-electron chi connectivity index (χ4n) is 5.76. The molecular formula is C32H40N4O5. The van der Waals surface area contributed by atoms with Gasteiger partial charge in [0.2, 0.25) is 5.91 Å². The van der Waals surface area contributed by atoms with Crippen LogP contribution in [-0.4, -0.2) is 78.5 Å². The summed E-state index contributed by atoms with van der Waals surface area (Å²) >= 11 is 0. The Morgan fingerprint density at radius 3 is 2.41 bits per heavy atom. The summed E-state index contributed by atoms with van der Waals surface area (Å²) < 4.78 is 11.6. The van der Waals surface area contributed by atoms with E-state index in [0.29, 0.717) is 48.9 Å². The first-order chi connectivity index (χ1) is 20.0. The first-order valence-corrected chi connectivity index (χ1v) is 14.8. The summed E-state index contributed by atoms with van der Waals surface area (Å²) in [4.78, 5) is 45.7. The topological polar surface area (TPSA) is 91.4 Å². The highest BCUT2D eigenvalue weighted by molar-refractivity contribution is 5.95. The fourth-order valence-corrected chi connectivity index (χ4v) is 5.76. The van der Waals surface area contributed by atoms with Gasteiger partial charge in [-0.2, -0.15) is 0 Å². The molecule has 3 amide bonds. The van der Waals surface area contributed by atoms with Crippen molar-refractivity contribution >= 4 is 17.9 Å². The van der Waals surface area contributed by atoms with Gasteiger partial charge in [-0.3, -0.25) is 14.6 Å². The SMILES string of the molecule is CCOC(=O)C1=C(CN2CCCN(C(=O)C3CCC3)CC2)N(CC)C(=O)N[C@@H]1c1cccc(Oc2ccccc2)c1. The zero-order chi connectivity index (χ0) is 28.8. The predicted molar refractivity (Wildman–Crippen MR) is 155 cm³/mol. The van der Waals surface area contributed by atoms with E-state index in [0.717, 1.165) is 44.3 Å². The second-order valence-electron chi connectivity index (χ2n) is 10.8. The monoisotopic (exact) mass is 560 g/mol. The van der Waals surface area contributed by atoms with Crippen LogP contribution >= 0.6 is 0 Å². The number of amides is 3. The molecule has 2 aliphatic heterocycles. The summed E-state index contributed by atoms with van der Waals surface area (Å²) in [5.41, 5.74) is 1.81. The van der Waals surface area contributed by atoms with Crippen LogP contribution < -0.4 is 10.1 Å². The lowest BCUT2D eigenvalue weighted by molar-refractivity contribution is -0.139.